The second-order valence-electron chi connectivity index (χ2n) is 7.42. The molecule has 2 rings (SSSR count). The molecule has 3 N–H and O–H groups in total. The highest BCUT2D eigenvalue weighted by molar-refractivity contribution is 7.80. The van der Waals surface area contributed by atoms with Crippen LogP contribution in [0.2, 0.25) is 0 Å². The summed E-state index contributed by atoms with van der Waals surface area (Å²) in [5.41, 5.74) is 1.87. The summed E-state index contributed by atoms with van der Waals surface area (Å²) in [6, 6.07) is -2.49. The van der Waals surface area contributed by atoms with Crippen molar-refractivity contribution < 1.29 is 36.7 Å². The van der Waals surface area contributed by atoms with Crippen LogP contribution < -0.4 is 5.43 Å². The molecule has 2 aliphatic heterocycles. The predicted octanol–water partition coefficient (Wildman–Crippen LogP) is 0.0467. The molecule has 2 atom stereocenters. The van der Waals surface area contributed by atoms with Crippen LogP contribution in [-0.2, 0) is 19.5 Å². The molecule has 0 aromatic heterocycles. The molecular weight excluding hydrogens is 372 g/mol. The van der Waals surface area contributed by atoms with E-state index in [1.165, 1.54) is 0 Å². The zero-order chi connectivity index (χ0) is 19.9. The Labute approximate surface area is 150 Å². The van der Waals surface area contributed by atoms with Gasteiger partial charge in [-0.15, -0.1) is 4.28 Å². The Hall–Kier alpha value is -2.12. The fraction of sp³-hybridized carbons (Fsp3) is 0.769. The lowest BCUT2D eigenvalue weighted by molar-refractivity contribution is -0.130. The number of piperidine rings is 1. The summed E-state index contributed by atoms with van der Waals surface area (Å²) in [5, 5.41) is 10.5. The molecular formula is C13H22N4O8S. The lowest BCUT2D eigenvalue weighted by Crippen LogP contribution is -2.56. The topological polar surface area (TPSA) is 157 Å². The molecule has 2 bridgehead atoms. The van der Waals surface area contributed by atoms with E-state index in [-0.39, 0.29) is 25.9 Å². The quantitative estimate of drug-likeness (QED) is 0.446. The first-order chi connectivity index (χ1) is 11.8. The van der Waals surface area contributed by atoms with E-state index in [4.69, 9.17) is 4.55 Å². The Bertz CT molecular complexity index is 703. The molecule has 0 spiro atoms. The van der Waals surface area contributed by atoms with Crippen LogP contribution in [0.1, 0.15) is 33.6 Å². The van der Waals surface area contributed by atoms with Crippen molar-refractivity contribution in [2.24, 2.45) is 5.41 Å². The molecule has 2 aliphatic rings. The molecule has 0 saturated carbocycles. The average Bonchev–Trinajstić information content (AvgIpc) is 2.69. The van der Waals surface area contributed by atoms with Crippen LogP contribution in [0, 0.1) is 5.41 Å². The lowest BCUT2D eigenvalue weighted by Gasteiger charge is -2.33. The summed E-state index contributed by atoms with van der Waals surface area (Å²) in [6.45, 7) is 5.46. The molecule has 4 amide bonds. The van der Waals surface area contributed by atoms with E-state index in [1.807, 2.05) is 0 Å². The summed E-state index contributed by atoms with van der Waals surface area (Å²) in [6.07, 6.45) is -0.898. The summed E-state index contributed by atoms with van der Waals surface area (Å²) >= 11 is 0. The maximum absolute atomic E-state index is 12.5. The molecule has 12 nitrogen and oxygen atoms in total. The number of carbonyl (C=O) groups is 3. The van der Waals surface area contributed by atoms with Crippen LogP contribution >= 0.6 is 0 Å². The highest BCUT2D eigenvalue weighted by atomic mass is 32.3. The number of amides is 4. The van der Waals surface area contributed by atoms with Crippen molar-refractivity contribution in [3.63, 3.8) is 0 Å². The predicted molar refractivity (Wildman–Crippen MR) is 85.7 cm³/mol. The van der Waals surface area contributed by atoms with Gasteiger partial charge in [0.15, 0.2) is 0 Å². The second kappa shape index (κ2) is 6.89. The van der Waals surface area contributed by atoms with Crippen molar-refractivity contribution in [2.75, 3.05) is 13.1 Å². The van der Waals surface area contributed by atoms with Crippen molar-refractivity contribution in [1.82, 2.24) is 20.4 Å². The first-order valence-electron chi connectivity index (χ1n) is 7.86. The average molecular weight is 394 g/mol. The zero-order valence-corrected chi connectivity index (χ0v) is 15.4. The largest absolute Gasteiger partial charge is 0.464 e. The van der Waals surface area contributed by atoms with Gasteiger partial charge in [0, 0.05) is 6.54 Å². The third-order valence-corrected chi connectivity index (χ3v) is 4.26. The van der Waals surface area contributed by atoms with Crippen LogP contribution in [0.5, 0.6) is 0 Å². The van der Waals surface area contributed by atoms with Gasteiger partial charge in [-0.1, -0.05) is 20.8 Å². The monoisotopic (exact) mass is 394 g/mol. The Morgan fingerprint density at radius 3 is 2.46 bits per heavy atom. The number of fused-ring (bicyclic) bond motifs is 2. The molecule has 0 aromatic carbocycles. The van der Waals surface area contributed by atoms with Gasteiger partial charge in [0.25, 0.3) is 5.91 Å². The number of carbonyl (C=O) groups excluding carboxylic acids is 2. The number of urea groups is 1. The Kier molecular flexibility index (Phi) is 5.35. The van der Waals surface area contributed by atoms with Gasteiger partial charge in [-0.3, -0.25) is 14.8 Å². The van der Waals surface area contributed by atoms with Gasteiger partial charge >= 0.3 is 22.5 Å². The molecule has 2 saturated heterocycles. The van der Waals surface area contributed by atoms with E-state index in [0.717, 1.165) is 9.91 Å². The molecule has 2 fully saturated rings. The van der Waals surface area contributed by atoms with E-state index in [2.05, 4.69) is 9.71 Å². The van der Waals surface area contributed by atoms with Gasteiger partial charge in [-0.2, -0.15) is 13.5 Å². The number of rotatable bonds is 4. The molecule has 13 heteroatoms. The smallest absolute Gasteiger partial charge is 0.426 e. The van der Waals surface area contributed by atoms with E-state index >= 15 is 0 Å². The van der Waals surface area contributed by atoms with Gasteiger partial charge in [-0.05, 0) is 18.3 Å². The van der Waals surface area contributed by atoms with Gasteiger partial charge < -0.3 is 10.0 Å². The fourth-order valence-electron chi connectivity index (χ4n) is 2.94. The molecule has 2 heterocycles. The normalized spacial score (nSPS) is 23.2. The van der Waals surface area contributed by atoms with Crippen molar-refractivity contribution in [3.8, 4) is 0 Å². The van der Waals surface area contributed by atoms with Gasteiger partial charge in [-0.25, -0.2) is 14.6 Å². The van der Waals surface area contributed by atoms with Crippen LogP contribution in [-0.4, -0.2) is 76.3 Å². The van der Waals surface area contributed by atoms with Crippen LogP contribution in [0.4, 0.5) is 9.59 Å². The van der Waals surface area contributed by atoms with E-state index < -0.39 is 45.9 Å². The molecule has 26 heavy (non-hydrogen) atoms. The maximum atomic E-state index is 12.5. The van der Waals surface area contributed by atoms with Gasteiger partial charge in [0.05, 0.1) is 12.6 Å². The summed E-state index contributed by atoms with van der Waals surface area (Å²) in [4.78, 5) is 37.2. The minimum absolute atomic E-state index is 0.0266. The number of hydrogen-bond donors (Lipinski definition) is 3. The van der Waals surface area contributed by atoms with Crippen molar-refractivity contribution in [2.45, 2.75) is 45.7 Å². The summed E-state index contributed by atoms with van der Waals surface area (Å²) in [7, 11) is -4.88. The van der Waals surface area contributed by atoms with Crippen LogP contribution in [0.15, 0.2) is 0 Å². The Morgan fingerprint density at radius 2 is 1.96 bits per heavy atom. The van der Waals surface area contributed by atoms with E-state index in [1.54, 1.807) is 20.8 Å². The Morgan fingerprint density at radius 1 is 1.35 bits per heavy atom. The number of hydroxylamine groups is 2. The standard InChI is InChI=1S/C13H22N4O8S/c1-13(2,3)7-16(12(20)21)14-10(18)9-5-4-8-6-15(9)11(19)17(8)25-26(22,23)24/h8-9H,4-7H2,1-3H3,(H,14,18)(H,20,21)(H,22,23,24). The first-order valence-corrected chi connectivity index (χ1v) is 9.23. The zero-order valence-electron chi connectivity index (χ0n) is 14.6. The van der Waals surface area contributed by atoms with Crippen molar-refractivity contribution >= 4 is 28.4 Å². The highest BCUT2D eigenvalue weighted by Crippen LogP contribution is 2.30. The highest BCUT2D eigenvalue weighted by Gasteiger charge is 2.49. The molecule has 148 valence electrons. The van der Waals surface area contributed by atoms with Gasteiger partial charge in [0.2, 0.25) is 0 Å². The Balaban J connectivity index is 2.09. The van der Waals surface area contributed by atoms with Crippen molar-refractivity contribution in [3.05, 3.63) is 0 Å². The molecule has 0 aliphatic carbocycles. The molecule has 2 unspecified atom stereocenters. The van der Waals surface area contributed by atoms with Crippen molar-refractivity contribution in [1.29, 1.82) is 0 Å². The minimum Gasteiger partial charge on any atom is -0.464 e. The number of nitrogens with zero attached hydrogens (tertiary/aromatic N) is 3. The number of nitrogens with one attached hydrogen (secondary N) is 1. The summed E-state index contributed by atoms with van der Waals surface area (Å²) in [5.74, 6) is -0.697. The first kappa shape index (κ1) is 20.2. The van der Waals surface area contributed by atoms with Gasteiger partial charge in [0.1, 0.15) is 6.04 Å². The minimum atomic E-state index is -4.88. The number of hydrogen-bond acceptors (Lipinski definition) is 6. The number of carboxylic acid groups (broad SMARTS) is 1. The fourth-order valence-corrected chi connectivity index (χ4v) is 3.33. The maximum Gasteiger partial charge on any atom is 0.426 e. The van der Waals surface area contributed by atoms with Crippen LogP contribution in [0.25, 0.3) is 0 Å². The van der Waals surface area contributed by atoms with E-state index in [0.29, 0.717) is 5.06 Å². The number of hydrazine groups is 1. The third-order valence-electron chi connectivity index (χ3n) is 3.91. The second-order valence-corrected chi connectivity index (χ2v) is 8.42. The summed E-state index contributed by atoms with van der Waals surface area (Å²) < 4.78 is 34.8. The SMILES string of the molecule is CC(C)(C)CN(NC(=O)C1CCC2CN1C(=O)N2OS(=O)(=O)O)C(=O)O. The molecule has 0 aromatic rings. The van der Waals surface area contributed by atoms with E-state index in [9.17, 15) is 27.9 Å². The van der Waals surface area contributed by atoms with Crippen LogP contribution in [0.3, 0.4) is 0 Å². The lowest BCUT2D eigenvalue weighted by atomic mass is 9.97. The third kappa shape index (κ3) is 4.74. The molecule has 0 radical (unpaired) electrons.